The predicted octanol–water partition coefficient (Wildman–Crippen LogP) is -0.550. The summed E-state index contributed by atoms with van der Waals surface area (Å²) in [6, 6.07) is 1.58. The van der Waals surface area contributed by atoms with E-state index >= 15 is 0 Å². The number of nitrogens with zero attached hydrogens (tertiary/aromatic N) is 2. The van der Waals surface area contributed by atoms with Crippen molar-refractivity contribution in [1.29, 1.82) is 0 Å². The number of nitrogens with two attached hydrogens (primary N) is 2. The Bertz CT molecular complexity index is 313. The number of hydrogen-bond acceptors (Lipinski definition) is 7. The molecule has 16 heavy (non-hydrogen) atoms. The zero-order valence-electron chi connectivity index (χ0n) is 9.18. The molecule has 7 nitrogen and oxygen atoms in total. The second-order valence-electron chi connectivity index (χ2n) is 3.36. The predicted molar refractivity (Wildman–Crippen MR) is 61.8 cm³/mol. The van der Waals surface area contributed by atoms with Crippen LogP contribution >= 0.6 is 0 Å². The summed E-state index contributed by atoms with van der Waals surface area (Å²) in [6.45, 7) is 0.871. The first kappa shape index (κ1) is 12.5. The molecule has 1 aromatic rings. The Morgan fingerprint density at radius 1 is 1.50 bits per heavy atom. The van der Waals surface area contributed by atoms with Gasteiger partial charge in [-0.1, -0.05) is 0 Å². The fourth-order valence-electron chi connectivity index (χ4n) is 1.22. The van der Waals surface area contributed by atoms with Crippen LogP contribution in [0.4, 0.5) is 17.6 Å². The van der Waals surface area contributed by atoms with Gasteiger partial charge >= 0.3 is 0 Å². The second kappa shape index (κ2) is 6.09. The first-order valence-electron chi connectivity index (χ1n) is 4.92. The molecule has 1 aromatic heterocycles. The number of aliphatic hydroxyl groups excluding tert-OH is 1. The summed E-state index contributed by atoms with van der Waals surface area (Å²) in [6.07, 6.45) is 0.0616. The third-order valence-corrected chi connectivity index (χ3v) is 1.91. The van der Waals surface area contributed by atoms with Crippen molar-refractivity contribution in [2.75, 3.05) is 37.0 Å². The largest absolute Gasteiger partial charge is 0.391 e. The number of aromatic nitrogens is 2. The molecule has 0 bridgehead atoms. The van der Waals surface area contributed by atoms with Gasteiger partial charge in [-0.3, -0.25) is 0 Å². The minimum Gasteiger partial charge on any atom is -0.391 e. The normalized spacial score (nSPS) is 12.4. The first-order valence-corrected chi connectivity index (χ1v) is 4.92. The lowest BCUT2D eigenvalue weighted by atomic mass is 10.2. The molecule has 0 radical (unpaired) electrons. The lowest BCUT2D eigenvalue weighted by Gasteiger charge is -2.10. The minimum atomic E-state index is -0.492. The molecule has 0 spiro atoms. The Hall–Kier alpha value is -1.60. The van der Waals surface area contributed by atoms with Crippen molar-refractivity contribution in [2.45, 2.75) is 12.5 Å². The molecule has 0 saturated heterocycles. The van der Waals surface area contributed by atoms with Gasteiger partial charge in [0, 0.05) is 19.7 Å². The van der Waals surface area contributed by atoms with Gasteiger partial charge in [-0.15, -0.1) is 0 Å². The van der Waals surface area contributed by atoms with E-state index in [0.29, 0.717) is 31.2 Å². The second-order valence-corrected chi connectivity index (χ2v) is 3.36. The SMILES string of the molecule is COCC(O)CCNc1cc(N)nc(N)n1. The van der Waals surface area contributed by atoms with Crippen molar-refractivity contribution in [3.8, 4) is 0 Å². The maximum absolute atomic E-state index is 9.39. The summed E-state index contributed by atoms with van der Waals surface area (Å²) in [7, 11) is 1.54. The van der Waals surface area contributed by atoms with Crippen LogP contribution in [0, 0.1) is 0 Å². The topological polar surface area (TPSA) is 119 Å². The molecule has 1 heterocycles. The van der Waals surface area contributed by atoms with Crippen LogP contribution in [0.1, 0.15) is 6.42 Å². The Labute approximate surface area is 93.8 Å². The number of hydrogen-bond donors (Lipinski definition) is 4. The molecule has 0 aliphatic heterocycles. The maximum atomic E-state index is 9.39. The van der Waals surface area contributed by atoms with E-state index in [1.807, 2.05) is 0 Å². The highest BCUT2D eigenvalue weighted by molar-refractivity contribution is 5.48. The van der Waals surface area contributed by atoms with E-state index in [-0.39, 0.29) is 5.95 Å². The van der Waals surface area contributed by atoms with Crippen LogP contribution < -0.4 is 16.8 Å². The molecule has 1 rings (SSSR count). The maximum Gasteiger partial charge on any atom is 0.223 e. The average molecular weight is 227 g/mol. The Morgan fingerprint density at radius 3 is 2.88 bits per heavy atom. The van der Waals surface area contributed by atoms with Crippen molar-refractivity contribution < 1.29 is 9.84 Å². The molecular weight excluding hydrogens is 210 g/mol. The van der Waals surface area contributed by atoms with Gasteiger partial charge in [0.1, 0.15) is 11.6 Å². The summed E-state index contributed by atoms with van der Waals surface area (Å²) >= 11 is 0. The number of aliphatic hydroxyl groups is 1. The number of methoxy groups -OCH3 is 1. The lowest BCUT2D eigenvalue weighted by molar-refractivity contribution is 0.0615. The van der Waals surface area contributed by atoms with E-state index in [4.69, 9.17) is 16.2 Å². The summed E-state index contributed by atoms with van der Waals surface area (Å²) in [5.74, 6) is 0.988. The number of anilines is 3. The van der Waals surface area contributed by atoms with Gasteiger partial charge in [-0.2, -0.15) is 9.97 Å². The Balaban J connectivity index is 2.37. The Kier molecular flexibility index (Phi) is 4.74. The number of nitrogen functional groups attached to an aromatic ring is 2. The van der Waals surface area contributed by atoms with Gasteiger partial charge in [0.25, 0.3) is 0 Å². The van der Waals surface area contributed by atoms with Crippen LogP contribution in [0.15, 0.2) is 6.07 Å². The molecule has 90 valence electrons. The fourth-order valence-corrected chi connectivity index (χ4v) is 1.22. The van der Waals surface area contributed by atoms with E-state index in [2.05, 4.69) is 15.3 Å². The van der Waals surface area contributed by atoms with Crippen LogP contribution in [0.25, 0.3) is 0 Å². The number of rotatable bonds is 6. The van der Waals surface area contributed by atoms with E-state index < -0.39 is 6.10 Å². The molecule has 0 aliphatic rings. The molecule has 1 atom stereocenters. The molecule has 0 amide bonds. The minimum absolute atomic E-state index is 0.125. The quantitative estimate of drug-likeness (QED) is 0.514. The Morgan fingerprint density at radius 2 is 2.25 bits per heavy atom. The third kappa shape index (κ3) is 4.28. The summed E-state index contributed by atoms with van der Waals surface area (Å²) in [5, 5.41) is 12.4. The monoisotopic (exact) mass is 227 g/mol. The van der Waals surface area contributed by atoms with Gasteiger partial charge < -0.3 is 26.6 Å². The summed E-state index contributed by atoms with van der Waals surface area (Å²) in [4.78, 5) is 7.68. The van der Waals surface area contributed by atoms with Gasteiger partial charge in [0.05, 0.1) is 12.7 Å². The zero-order chi connectivity index (χ0) is 12.0. The van der Waals surface area contributed by atoms with Crippen molar-refractivity contribution in [2.24, 2.45) is 0 Å². The van der Waals surface area contributed by atoms with E-state index in [9.17, 15) is 5.11 Å². The van der Waals surface area contributed by atoms with Crippen LogP contribution in [0.2, 0.25) is 0 Å². The van der Waals surface area contributed by atoms with Crippen LogP contribution in [-0.4, -0.2) is 41.4 Å². The first-order chi connectivity index (χ1) is 7.61. The zero-order valence-corrected chi connectivity index (χ0v) is 9.18. The van der Waals surface area contributed by atoms with Crippen LogP contribution in [0.3, 0.4) is 0 Å². The van der Waals surface area contributed by atoms with Crippen molar-refractivity contribution in [3.63, 3.8) is 0 Å². The smallest absolute Gasteiger partial charge is 0.223 e. The molecule has 0 aliphatic carbocycles. The van der Waals surface area contributed by atoms with E-state index in [1.165, 1.54) is 0 Å². The van der Waals surface area contributed by atoms with Crippen molar-refractivity contribution in [3.05, 3.63) is 6.07 Å². The van der Waals surface area contributed by atoms with Gasteiger partial charge in [-0.05, 0) is 6.42 Å². The molecule has 6 N–H and O–H groups in total. The number of nitrogens with one attached hydrogen (secondary N) is 1. The van der Waals surface area contributed by atoms with E-state index in [1.54, 1.807) is 13.2 Å². The summed E-state index contributed by atoms with van der Waals surface area (Å²) < 4.78 is 4.80. The van der Waals surface area contributed by atoms with Crippen molar-refractivity contribution in [1.82, 2.24) is 9.97 Å². The molecule has 0 fully saturated rings. The van der Waals surface area contributed by atoms with Gasteiger partial charge in [0.15, 0.2) is 0 Å². The van der Waals surface area contributed by atoms with Gasteiger partial charge in [0.2, 0.25) is 5.95 Å². The average Bonchev–Trinajstić information content (AvgIpc) is 2.16. The third-order valence-electron chi connectivity index (χ3n) is 1.91. The van der Waals surface area contributed by atoms with Crippen LogP contribution in [-0.2, 0) is 4.74 Å². The van der Waals surface area contributed by atoms with E-state index in [0.717, 1.165) is 0 Å². The van der Waals surface area contributed by atoms with Gasteiger partial charge in [-0.25, -0.2) is 0 Å². The highest BCUT2D eigenvalue weighted by Crippen LogP contribution is 2.09. The van der Waals surface area contributed by atoms with Crippen LogP contribution in [0.5, 0.6) is 0 Å². The molecule has 0 saturated carbocycles. The molecule has 0 aromatic carbocycles. The highest BCUT2D eigenvalue weighted by atomic mass is 16.5. The standard InChI is InChI=1S/C9H17N5O2/c1-16-5-6(15)2-3-12-8-4-7(10)13-9(11)14-8/h4,6,15H,2-3,5H2,1H3,(H5,10,11,12,13,14). The molecular formula is C9H17N5O2. The van der Waals surface area contributed by atoms with Crippen molar-refractivity contribution >= 4 is 17.6 Å². The lowest BCUT2D eigenvalue weighted by Crippen LogP contribution is -2.18. The highest BCUT2D eigenvalue weighted by Gasteiger charge is 2.04. The number of ether oxygens (including phenoxy) is 1. The fraction of sp³-hybridized carbons (Fsp3) is 0.556. The molecule has 7 heteroatoms. The summed E-state index contributed by atoms with van der Waals surface area (Å²) in [5.41, 5.74) is 10.9. The molecule has 1 unspecified atom stereocenters.